The van der Waals surface area contributed by atoms with Gasteiger partial charge < -0.3 is 0 Å². The number of hydrogen-bond donors (Lipinski definition) is 0. The van der Waals surface area contributed by atoms with Gasteiger partial charge in [0.15, 0.2) is 0 Å². The van der Waals surface area contributed by atoms with E-state index in [9.17, 15) is 29.8 Å². The second-order valence-corrected chi connectivity index (χ2v) is 9.99. The highest BCUT2D eigenvalue weighted by Crippen LogP contribution is 2.37. The Hall–Kier alpha value is -4.89. The molecule has 3 aromatic carbocycles. The molecule has 2 heterocycles. The number of aromatic nitrogens is 4. The molecule has 0 saturated carbocycles. The van der Waals surface area contributed by atoms with Crippen molar-refractivity contribution in [2.24, 2.45) is 0 Å². The Morgan fingerprint density at radius 2 is 1.69 bits per heavy atom. The molecule has 15 heteroatoms. The van der Waals surface area contributed by atoms with Crippen LogP contribution in [-0.2, 0) is 11.3 Å². The van der Waals surface area contributed by atoms with Crippen LogP contribution in [0.3, 0.4) is 0 Å². The van der Waals surface area contributed by atoms with Crippen molar-refractivity contribution in [3.63, 3.8) is 0 Å². The fraction of sp³-hybridized carbons (Fsp3) is 0.0417. The summed E-state index contributed by atoms with van der Waals surface area (Å²) in [5.41, 5.74) is 1.26. The molecule has 0 atom stereocenters. The molecular weight excluding hydrogens is 546 g/mol. The summed E-state index contributed by atoms with van der Waals surface area (Å²) in [6.45, 7) is -0.0636. The zero-order chi connectivity index (χ0) is 27.5. The summed E-state index contributed by atoms with van der Waals surface area (Å²) in [7, 11) is 0. The number of carbonyl (C=O) groups excluding carboxylic acids is 2. The highest BCUT2D eigenvalue weighted by atomic mass is 32.2. The molecule has 194 valence electrons. The second-order valence-electron chi connectivity index (χ2n) is 7.99. The van der Waals surface area contributed by atoms with Crippen LogP contribution in [0.15, 0.2) is 87.8 Å². The molecule has 5 rings (SSSR count). The number of thioether (sulfide) groups is 1. The van der Waals surface area contributed by atoms with Crippen molar-refractivity contribution in [2.45, 2.75) is 16.6 Å². The van der Waals surface area contributed by atoms with Crippen molar-refractivity contribution >= 4 is 52.1 Å². The van der Waals surface area contributed by atoms with Gasteiger partial charge in [-0.3, -0.25) is 34.7 Å². The maximum Gasteiger partial charge on any atom is 0.293 e. The Bertz CT molecular complexity index is 1640. The van der Waals surface area contributed by atoms with Crippen LogP contribution in [0.4, 0.5) is 16.2 Å². The lowest BCUT2D eigenvalue weighted by Gasteiger charge is -2.12. The minimum absolute atomic E-state index is 0.0636. The zero-order valence-electron chi connectivity index (χ0n) is 19.6. The highest BCUT2D eigenvalue weighted by molar-refractivity contribution is 8.18. The van der Waals surface area contributed by atoms with E-state index in [1.165, 1.54) is 47.2 Å². The van der Waals surface area contributed by atoms with Crippen molar-refractivity contribution in [2.75, 3.05) is 0 Å². The van der Waals surface area contributed by atoms with Crippen LogP contribution in [0, 0.1) is 20.2 Å². The fourth-order valence-corrected chi connectivity index (χ4v) is 5.33. The average molecular weight is 562 g/mol. The average Bonchev–Trinajstić information content (AvgIpc) is 3.50. The molecule has 0 bridgehead atoms. The summed E-state index contributed by atoms with van der Waals surface area (Å²) < 4.78 is 1.46. The third-order valence-electron chi connectivity index (χ3n) is 5.48. The van der Waals surface area contributed by atoms with Gasteiger partial charge in [-0.05, 0) is 69.4 Å². The van der Waals surface area contributed by atoms with Crippen molar-refractivity contribution in [1.82, 2.24) is 25.1 Å². The number of imide groups is 1. The van der Waals surface area contributed by atoms with Gasteiger partial charge in [-0.1, -0.05) is 36.4 Å². The summed E-state index contributed by atoms with van der Waals surface area (Å²) in [5.74, 6) is -0.563. The number of nitrogens with zero attached hydrogens (tertiary/aromatic N) is 7. The van der Waals surface area contributed by atoms with Crippen LogP contribution in [0.2, 0.25) is 0 Å². The SMILES string of the molecule is O=C1S/C(=C\c2ccc(Sc3nnnn3-c3ccccc3)c([N+](=O)[O-])c2)C(=O)N1Cc1ccc([N+](=O)[O-])cc1. The van der Waals surface area contributed by atoms with E-state index >= 15 is 0 Å². The minimum atomic E-state index is -0.563. The second kappa shape index (κ2) is 10.8. The summed E-state index contributed by atoms with van der Waals surface area (Å²) >= 11 is 1.73. The van der Waals surface area contributed by atoms with E-state index in [1.54, 1.807) is 18.2 Å². The van der Waals surface area contributed by atoms with Crippen LogP contribution in [0.1, 0.15) is 11.1 Å². The molecule has 13 nitrogen and oxygen atoms in total. The van der Waals surface area contributed by atoms with Gasteiger partial charge in [0.2, 0.25) is 5.16 Å². The Morgan fingerprint density at radius 1 is 0.949 bits per heavy atom. The normalized spacial score (nSPS) is 14.3. The molecule has 0 N–H and O–H groups in total. The molecule has 0 unspecified atom stereocenters. The van der Waals surface area contributed by atoms with Gasteiger partial charge in [-0.15, -0.1) is 5.10 Å². The Morgan fingerprint density at radius 3 is 2.38 bits per heavy atom. The van der Waals surface area contributed by atoms with Crippen molar-refractivity contribution in [3.05, 3.63) is 109 Å². The summed E-state index contributed by atoms with van der Waals surface area (Å²) in [5, 5.41) is 34.1. The molecule has 1 aromatic heterocycles. The number of tetrazole rings is 1. The van der Waals surface area contributed by atoms with Gasteiger partial charge in [0.05, 0.1) is 31.9 Å². The van der Waals surface area contributed by atoms with E-state index in [2.05, 4.69) is 15.5 Å². The standard InChI is InChI=1S/C24H15N7O6S2/c32-22-21(39-24(33)28(22)14-15-6-9-18(10-7-15)30(34)35)13-16-8-11-20(19(12-16)31(36)37)38-23-25-26-27-29(23)17-4-2-1-3-5-17/h1-13H,14H2/b21-13-. The van der Waals surface area contributed by atoms with Crippen LogP contribution in [0.25, 0.3) is 11.8 Å². The number of para-hydroxylation sites is 1. The molecule has 0 aliphatic carbocycles. The fourth-order valence-electron chi connectivity index (χ4n) is 3.62. The van der Waals surface area contributed by atoms with E-state index in [0.717, 1.165) is 16.7 Å². The number of nitro benzene ring substituents is 2. The number of benzene rings is 3. The molecule has 1 saturated heterocycles. The lowest BCUT2D eigenvalue weighted by molar-refractivity contribution is -0.387. The van der Waals surface area contributed by atoms with Gasteiger partial charge >= 0.3 is 0 Å². The number of rotatable bonds is 8. The van der Waals surface area contributed by atoms with Gasteiger partial charge in [0.1, 0.15) is 0 Å². The first kappa shape index (κ1) is 25.7. The lowest BCUT2D eigenvalue weighted by Crippen LogP contribution is -2.27. The molecular formula is C24H15N7O6S2. The zero-order valence-corrected chi connectivity index (χ0v) is 21.2. The van der Waals surface area contributed by atoms with Crippen LogP contribution in [-0.4, -0.2) is 46.1 Å². The van der Waals surface area contributed by atoms with Gasteiger partial charge in [0.25, 0.3) is 22.5 Å². The molecule has 4 aromatic rings. The Labute approximate surface area is 227 Å². The number of hydrogen-bond acceptors (Lipinski definition) is 11. The van der Waals surface area contributed by atoms with Gasteiger partial charge in [-0.2, -0.15) is 4.68 Å². The predicted molar refractivity (Wildman–Crippen MR) is 141 cm³/mol. The Kier molecular flexibility index (Phi) is 7.16. The van der Waals surface area contributed by atoms with Crippen LogP contribution >= 0.6 is 23.5 Å². The summed E-state index contributed by atoms with van der Waals surface area (Å²) in [4.78, 5) is 48.4. The molecule has 2 amide bonds. The number of nitro groups is 2. The minimum Gasteiger partial charge on any atom is -0.268 e. The largest absolute Gasteiger partial charge is 0.293 e. The maximum atomic E-state index is 12.9. The maximum absolute atomic E-state index is 12.9. The first-order chi connectivity index (χ1) is 18.8. The lowest BCUT2D eigenvalue weighted by atomic mass is 10.1. The third kappa shape index (κ3) is 5.53. The number of non-ortho nitro benzene ring substituents is 1. The van der Waals surface area contributed by atoms with E-state index in [0.29, 0.717) is 33.7 Å². The van der Waals surface area contributed by atoms with Crippen LogP contribution < -0.4 is 0 Å². The number of carbonyl (C=O) groups is 2. The topological polar surface area (TPSA) is 167 Å². The van der Waals surface area contributed by atoms with Crippen LogP contribution in [0.5, 0.6) is 0 Å². The molecule has 0 radical (unpaired) electrons. The summed E-state index contributed by atoms with van der Waals surface area (Å²) in [6, 6.07) is 19.0. The van der Waals surface area contributed by atoms with E-state index in [1.807, 2.05) is 18.2 Å². The van der Waals surface area contributed by atoms with E-state index < -0.39 is 21.0 Å². The molecule has 1 fully saturated rings. The highest BCUT2D eigenvalue weighted by Gasteiger charge is 2.35. The van der Waals surface area contributed by atoms with Gasteiger partial charge in [0, 0.05) is 18.2 Å². The van der Waals surface area contributed by atoms with Gasteiger partial charge in [-0.25, -0.2) is 0 Å². The van der Waals surface area contributed by atoms with E-state index in [4.69, 9.17) is 0 Å². The molecule has 1 aliphatic heterocycles. The third-order valence-corrected chi connectivity index (χ3v) is 7.39. The van der Waals surface area contributed by atoms with Crippen molar-refractivity contribution in [3.8, 4) is 5.69 Å². The molecule has 39 heavy (non-hydrogen) atoms. The predicted octanol–water partition coefficient (Wildman–Crippen LogP) is 4.87. The number of amides is 2. The molecule has 0 spiro atoms. The first-order valence-electron chi connectivity index (χ1n) is 11.1. The van der Waals surface area contributed by atoms with Crippen molar-refractivity contribution in [1.29, 1.82) is 0 Å². The van der Waals surface area contributed by atoms with Crippen molar-refractivity contribution < 1.29 is 19.4 Å². The Balaban J connectivity index is 1.37. The monoisotopic (exact) mass is 561 g/mol. The van der Waals surface area contributed by atoms with E-state index in [-0.39, 0.29) is 27.7 Å². The summed E-state index contributed by atoms with van der Waals surface area (Å²) in [6.07, 6.45) is 1.41. The smallest absolute Gasteiger partial charge is 0.268 e. The molecule has 1 aliphatic rings. The quantitative estimate of drug-likeness (QED) is 0.163. The first-order valence-corrected chi connectivity index (χ1v) is 12.7.